The summed E-state index contributed by atoms with van der Waals surface area (Å²) in [5.74, 6) is -0.546. The number of anilines is 2. The molecule has 0 bridgehead atoms. The van der Waals surface area contributed by atoms with Crippen molar-refractivity contribution in [1.29, 1.82) is 0 Å². The fourth-order valence-electron chi connectivity index (χ4n) is 2.91. The van der Waals surface area contributed by atoms with E-state index in [4.69, 9.17) is 4.74 Å². The summed E-state index contributed by atoms with van der Waals surface area (Å²) in [5, 5.41) is 13.8. The maximum atomic E-state index is 12.8. The highest BCUT2D eigenvalue weighted by Crippen LogP contribution is 2.32. The van der Waals surface area contributed by atoms with Crippen molar-refractivity contribution >= 4 is 28.9 Å². The second-order valence-electron chi connectivity index (χ2n) is 5.90. The maximum absolute atomic E-state index is 12.8. The van der Waals surface area contributed by atoms with Crippen LogP contribution in [0.15, 0.2) is 48.5 Å². The molecule has 8 heteroatoms. The van der Waals surface area contributed by atoms with Gasteiger partial charge in [0.1, 0.15) is 0 Å². The summed E-state index contributed by atoms with van der Waals surface area (Å²) in [7, 11) is 0. The van der Waals surface area contributed by atoms with Crippen LogP contribution >= 0.6 is 0 Å². The van der Waals surface area contributed by atoms with E-state index in [1.807, 2.05) is 0 Å². The van der Waals surface area contributed by atoms with E-state index in [1.54, 1.807) is 37.3 Å². The average molecular weight is 355 g/mol. The van der Waals surface area contributed by atoms with Gasteiger partial charge in [0, 0.05) is 18.5 Å². The molecule has 1 N–H and O–H groups in total. The van der Waals surface area contributed by atoms with Gasteiger partial charge in [0.2, 0.25) is 5.91 Å². The maximum Gasteiger partial charge on any atom is 0.310 e. The molecule has 0 radical (unpaired) electrons. The van der Waals surface area contributed by atoms with Gasteiger partial charge in [-0.1, -0.05) is 24.3 Å². The Bertz CT molecular complexity index is 867. The zero-order chi connectivity index (χ0) is 18.7. The molecule has 0 unspecified atom stereocenters. The Morgan fingerprint density at radius 3 is 2.73 bits per heavy atom. The van der Waals surface area contributed by atoms with E-state index in [1.165, 1.54) is 23.1 Å². The molecule has 0 aliphatic carbocycles. The number of nitro benzene ring substituents is 1. The standard InChI is InChI=1S/C18H17N3O5/c1-12-10-17(22)19-13-6-2-3-7-14(13)20(12)18(23)11-26-16-9-5-4-8-15(16)21(24)25/h2-9,12H,10-11H2,1H3,(H,19,22)/t12-/m1/s1. The highest BCUT2D eigenvalue weighted by molar-refractivity contribution is 6.04. The number of ether oxygens (including phenoxy) is 1. The van der Waals surface area contributed by atoms with Gasteiger partial charge in [-0.15, -0.1) is 0 Å². The van der Waals surface area contributed by atoms with Gasteiger partial charge in [-0.3, -0.25) is 19.7 Å². The average Bonchev–Trinajstić information content (AvgIpc) is 2.74. The van der Waals surface area contributed by atoms with Crippen LogP contribution in [0.3, 0.4) is 0 Å². The van der Waals surface area contributed by atoms with Crippen LogP contribution in [-0.2, 0) is 9.59 Å². The number of nitrogens with zero attached hydrogens (tertiary/aromatic N) is 2. The number of carbonyl (C=O) groups excluding carboxylic acids is 2. The van der Waals surface area contributed by atoms with Crippen molar-refractivity contribution in [3.63, 3.8) is 0 Å². The molecule has 8 nitrogen and oxygen atoms in total. The van der Waals surface area contributed by atoms with Crippen molar-refractivity contribution in [3.8, 4) is 5.75 Å². The molecule has 26 heavy (non-hydrogen) atoms. The molecule has 2 amide bonds. The van der Waals surface area contributed by atoms with Gasteiger partial charge in [-0.25, -0.2) is 0 Å². The van der Waals surface area contributed by atoms with Crippen LogP contribution in [0.5, 0.6) is 5.75 Å². The van der Waals surface area contributed by atoms with E-state index in [-0.39, 0.29) is 42.3 Å². The molecular formula is C18H17N3O5. The summed E-state index contributed by atoms with van der Waals surface area (Å²) in [6.07, 6.45) is 0.145. The zero-order valence-electron chi connectivity index (χ0n) is 14.0. The van der Waals surface area contributed by atoms with Crippen molar-refractivity contribution in [3.05, 3.63) is 58.6 Å². The first-order valence-electron chi connectivity index (χ1n) is 8.04. The summed E-state index contributed by atoms with van der Waals surface area (Å²) >= 11 is 0. The summed E-state index contributed by atoms with van der Waals surface area (Å²) in [6, 6.07) is 12.5. The topological polar surface area (TPSA) is 102 Å². The van der Waals surface area contributed by atoms with Gasteiger partial charge >= 0.3 is 5.69 Å². The molecule has 0 fully saturated rings. The van der Waals surface area contributed by atoms with Gasteiger partial charge in [0.15, 0.2) is 12.4 Å². The SMILES string of the molecule is C[C@@H]1CC(=O)Nc2ccccc2N1C(=O)COc1ccccc1[N+](=O)[O-]. The van der Waals surface area contributed by atoms with E-state index in [2.05, 4.69) is 5.32 Å². The van der Waals surface area contributed by atoms with Crippen LogP contribution < -0.4 is 15.0 Å². The highest BCUT2D eigenvalue weighted by Gasteiger charge is 2.30. The van der Waals surface area contributed by atoms with E-state index < -0.39 is 4.92 Å². The lowest BCUT2D eigenvalue weighted by Crippen LogP contribution is -2.41. The third-order valence-corrected chi connectivity index (χ3v) is 4.04. The van der Waals surface area contributed by atoms with Crippen molar-refractivity contribution in [2.24, 2.45) is 0 Å². The molecule has 134 valence electrons. The third kappa shape index (κ3) is 3.49. The minimum absolute atomic E-state index is 0.0239. The number of hydrogen-bond acceptors (Lipinski definition) is 5. The summed E-state index contributed by atoms with van der Waals surface area (Å²) in [6.45, 7) is 1.39. The predicted octanol–water partition coefficient (Wildman–Crippen LogP) is 2.74. The van der Waals surface area contributed by atoms with E-state index in [0.29, 0.717) is 11.4 Å². The van der Waals surface area contributed by atoms with E-state index >= 15 is 0 Å². The molecule has 1 aliphatic rings. The monoisotopic (exact) mass is 355 g/mol. The van der Waals surface area contributed by atoms with Crippen LogP contribution in [0.2, 0.25) is 0 Å². The normalized spacial score (nSPS) is 16.3. The molecule has 1 atom stereocenters. The second kappa shape index (κ2) is 7.22. The second-order valence-corrected chi connectivity index (χ2v) is 5.90. The molecule has 0 saturated heterocycles. The molecule has 2 aromatic rings. The zero-order valence-corrected chi connectivity index (χ0v) is 14.0. The van der Waals surface area contributed by atoms with Gasteiger partial charge in [0.25, 0.3) is 5.91 Å². The summed E-state index contributed by atoms with van der Waals surface area (Å²) in [4.78, 5) is 36.7. The van der Waals surface area contributed by atoms with E-state index in [9.17, 15) is 19.7 Å². The minimum Gasteiger partial charge on any atom is -0.477 e. The van der Waals surface area contributed by atoms with Gasteiger partial charge in [-0.2, -0.15) is 0 Å². The number of amides is 2. The Kier molecular flexibility index (Phi) is 4.83. The lowest BCUT2D eigenvalue weighted by atomic mass is 10.1. The van der Waals surface area contributed by atoms with Crippen LogP contribution in [0.1, 0.15) is 13.3 Å². The molecule has 0 saturated carbocycles. The Morgan fingerprint density at radius 2 is 1.96 bits per heavy atom. The fourth-order valence-corrected chi connectivity index (χ4v) is 2.91. The van der Waals surface area contributed by atoms with Crippen LogP contribution in [-0.4, -0.2) is 29.4 Å². The Balaban J connectivity index is 1.83. The number of benzene rings is 2. The van der Waals surface area contributed by atoms with Crippen molar-refractivity contribution in [1.82, 2.24) is 0 Å². The fraction of sp³-hybridized carbons (Fsp3) is 0.222. The number of hydrogen-bond donors (Lipinski definition) is 1. The molecule has 1 aliphatic heterocycles. The van der Waals surface area contributed by atoms with Crippen LogP contribution in [0.25, 0.3) is 0 Å². The molecular weight excluding hydrogens is 338 g/mol. The molecule has 3 rings (SSSR count). The van der Waals surface area contributed by atoms with Crippen molar-refractivity contribution < 1.29 is 19.2 Å². The predicted molar refractivity (Wildman–Crippen MR) is 95.2 cm³/mol. The van der Waals surface area contributed by atoms with Crippen LogP contribution in [0, 0.1) is 10.1 Å². The third-order valence-electron chi connectivity index (χ3n) is 4.04. The number of rotatable bonds is 4. The smallest absolute Gasteiger partial charge is 0.310 e. The first kappa shape index (κ1) is 17.4. The number of nitro groups is 1. The van der Waals surface area contributed by atoms with Gasteiger partial charge in [-0.05, 0) is 25.1 Å². The number of fused-ring (bicyclic) bond motifs is 1. The highest BCUT2D eigenvalue weighted by atomic mass is 16.6. The van der Waals surface area contributed by atoms with Crippen LogP contribution in [0.4, 0.5) is 17.1 Å². The number of nitrogens with one attached hydrogen (secondary N) is 1. The quantitative estimate of drug-likeness (QED) is 0.671. The van der Waals surface area contributed by atoms with E-state index in [0.717, 1.165) is 0 Å². The Hall–Kier alpha value is -3.42. The minimum atomic E-state index is -0.563. The lowest BCUT2D eigenvalue weighted by molar-refractivity contribution is -0.385. The Morgan fingerprint density at radius 1 is 1.27 bits per heavy atom. The molecule has 2 aromatic carbocycles. The molecule has 0 aromatic heterocycles. The summed E-state index contributed by atoms with van der Waals surface area (Å²) in [5.41, 5.74) is 0.907. The number of para-hydroxylation sites is 4. The molecule has 0 spiro atoms. The Labute approximate surface area is 149 Å². The van der Waals surface area contributed by atoms with Crippen molar-refractivity contribution in [2.45, 2.75) is 19.4 Å². The summed E-state index contributed by atoms with van der Waals surface area (Å²) < 4.78 is 5.41. The lowest BCUT2D eigenvalue weighted by Gasteiger charge is -2.27. The molecule has 1 heterocycles. The largest absolute Gasteiger partial charge is 0.477 e. The first-order chi connectivity index (χ1) is 12.5. The first-order valence-corrected chi connectivity index (χ1v) is 8.04. The van der Waals surface area contributed by atoms with Gasteiger partial charge in [0.05, 0.1) is 16.3 Å². The van der Waals surface area contributed by atoms with Gasteiger partial charge < -0.3 is 15.0 Å². The number of carbonyl (C=O) groups is 2. The van der Waals surface area contributed by atoms with Crippen molar-refractivity contribution in [2.75, 3.05) is 16.8 Å².